The quantitative estimate of drug-likeness (QED) is 0.557. The summed E-state index contributed by atoms with van der Waals surface area (Å²) in [5.41, 5.74) is 4.80. The summed E-state index contributed by atoms with van der Waals surface area (Å²) in [5, 5.41) is 1.52. The van der Waals surface area contributed by atoms with Crippen molar-refractivity contribution < 1.29 is 0 Å². The Balaban J connectivity index is 2.73. The second kappa shape index (κ2) is 6.84. The van der Waals surface area contributed by atoms with Crippen LogP contribution < -0.4 is 5.32 Å². The molecule has 148 valence electrons. The molecule has 0 fully saturated rings. The number of pyridine rings is 2. The lowest BCUT2D eigenvalue weighted by Gasteiger charge is -2.37. The number of nitrogens with zero attached hydrogens (tertiary/aromatic N) is 2. The Morgan fingerprint density at radius 2 is 1.22 bits per heavy atom. The Bertz CT molecular complexity index is 815. The van der Waals surface area contributed by atoms with Crippen LogP contribution in [0.25, 0.3) is 11.4 Å². The van der Waals surface area contributed by atoms with Crippen molar-refractivity contribution in [3.05, 3.63) is 41.6 Å². The third-order valence-corrected chi connectivity index (χ3v) is 11.4. The van der Waals surface area contributed by atoms with Gasteiger partial charge in [0, 0.05) is 11.5 Å². The molecule has 2 nitrogen and oxygen atoms in total. The summed E-state index contributed by atoms with van der Waals surface area (Å²) < 4.78 is 0. The summed E-state index contributed by atoms with van der Waals surface area (Å²) in [4.78, 5) is 9.86. The molecule has 0 aliphatic rings. The van der Waals surface area contributed by atoms with E-state index in [4.69, 9.17) is 4.98 Å². The van der Waals surface area contributed by atoms with Crippen molar-refractivity contribution >= 4 is 13.4 Å². The van der Waals surface area contributed by atoms with Gasteiger partial charge >= 0.3 is 0 Å². The molecular formula is C24H38N2Si. The van der Waals surface area contributed by atoms with Gasteiger partial charge < -0.3 is 0 Å². The van der Waals surface area contributed by atoms with Crippen LogP contribution in [0.15, 0.2) is 30.5 Å². The molecule has 0 aliphatic heterocycles. The minimum atomic E-state index is -1.74. The lowest BCUT2D eigenvalue weighted by atomic mass is 9.86. The third-order valence-electron chi connectivity index (χ3n) is 6.10. The molecule has 0 saturated carbocycles. The first-order valence-electron chi connectivity index (χ1n) is 10.0. The van der Waals surface area contributed by atoms with Gasteiger partial charge in [-0.3, -0.25) is 9.97 Å². The Kier molecular flexibility index (Phi) is 5.53. The first-order valence-corrected chi connectivity index (χ1v) is 13.0. The van der Waals surface area contributed by atoms with Gasteiger partial charge in [0.25, 0.3) is 0 Å². The average molecular weight is 383 g/mol. The zero-order valence-electron chi connectivity index (χ0n) is 19.3. The fraction of sp³-hybridized carbons (Fsp3) is 0.583. The minimum Gasteiger partial charge on any atom is -0.256 e. The third kappa shape index (κ3) is 4.68. The molecule has 2 rings (SSSR count). The first kappa shape index (κ1) is 21.8. The minimum absolute atomic E-state index is 0.0798. The summed E-state index contributed by atoms with van der Waals surface area (Å²) in [6.45, 7) is 25.5. The summed E-state index contributed by atoms with van der Waals surface area (Å²) in [5.74, 6) is 0. The maximum Gasteiger partial charge on any atom is 0.110 e. The highest BCUT2D eigenvalue weighted by atomic mass is 28.3. The number of hydrogen-bond donors (Lipinski definition) is 0. The average Bonchev–Trinajstić information content (AvgIpc) is 2.52. The highest BCUT2D eigenvalue weighted by Crippen LogP contribution is 2.36. The molecule has 2 heterocycles. The second-order valence-electron chi connectivity index (χ2n) is 11.4. The summed E-state index contributed by atoms with van der Waals surface area (Å²) in [6, 6.07) is 8.93. The van der Waals surface area contributed by atoms with Gasteiger partial charge in [0.05, 0.1) is 11.4 Å². The molecule has 27 heavy (non-hydrogen) atoms. The Hall–Kier alpha value is -1.48. The number of aromatic nitrogens is 2. The van der Waals surface area contributed by atoms with E-state index in [0.717, 1.165) is 11.4 Å². The van der Waals surface area contributed by atoms with Crippen molar-refractivity contribution in [2.75, 3.05) is 0 Å². The molecule has 0 bridgehead atoms. The van der Waals surface area contributed by atoms with Gasteiger partial charge in [-0.1, -0.05) is 75.4 Å². The van der Waals surface area contributed by atoms with Crippen molar-refractivity contribution in [3.8, 4) is 11.4 Å². The molecule has 0 radical (unpaired) electrons. The smallest absolute Gasteiger partial charge is 0.110 e. The van der Waals surface area contributed by atoms with Crippen LogP contribution in [0.3, 0.4) is 0 Å². The number of rotatable bonds is 2. The van der Waals surface area contributed by atoms with Crippen molar-refractivity contribution in [3.63, 3.8) is 0 Å². The molecule has 0 saturated heterocycles. The highest BCUT2D eigenvalue weighted by Gasteiger charge is 2.39. The van der Waals surface area contributed by atoms with Gasteiger partial charge in [-0.15, -0.1) is 0 Å². The lowest BCUT2D eigenvalue weighted by molar-refractivity contribution is 0.588. The van der Waals surface area contributed by atoms with Crippen LogP contribution in [-0.4, -0.2) is 18.0 Å². The van der Waals surface area contributed by atoms with E-state index in [-0.39, 0.29) is 15.9 Å². The summed E-state index contributed by atoms with van der Waals surface area (Å²) >= 11 is 0. The monoisotopic (exact) mass is 382 g/mol. The van der Waals surface area contributed by atoms with Crippen molar-refractivity contribution in [1.29, 1.82) is 0 Å². The van der Waals surface area contributed by atoms with Crippen molar-refractivity contribution in [2.24, 2.45) is 0 Å². The molecule has 0 aliphatic carbocycles. The molecule has 2 aromatic rings. The second-order valence-corrected chi connectivity index (χ2v) is 16.7. The van der Waals surface area contributed by atoms with Gasteiger partial charge in [-0.2, -0.15) is 0 Å². The van der Waals surface area contributed by atoms with Gasteiger partial charge in [0.1, 0.15) is 8.07 Å². The van der Waals surface area contributed by atoms with Crippen molar-refractivity contribution in [1.82, 2.24) is 9.97 Å². The van der Waals surface area contributed by atoms with E-state index in [1.165, 1.54) is 16.4 Å². The van der Waals surface area contributed by atoms with E-state index in [0.29, 0.717) is 0 Å². The van der Waals surface area contributed by atoms with E-state index >= 15 is 0 Å². The predicted molar refractivity (Wildman–Crippen MR) is 122 cm³/mol. The Morgan fingerprint density at radius 3 is 1.70 bits per heavy atom. The van der Waals surface area contributed by atoms with E-state index in [2.05, 4.69) is 105 Å². The maximum atomic E-state index is 5.18. The summed E-state index contributed by atoms with van der Waals surface area (Å²) in [6.07, 6.45) is 1.92. The molecule has 2 aromatic heterocycles. The molecule has 3 heteroatoms. The lowest BCUT2D eigenvalue weighted by Crippen LogP contribution is -2.51. The zero-order chi connectivity index (χ0) is 20.8. The van der Waals surface area contributed by atoms with Crippen LogP contribution in [0.4, 0.5) is 0 Å². The van der Waals surface area contributed by atoms with Crippen LogP contribution in [0.2, 0.25) is 18.1 Å². The predicted octanol–water partition coefficient (Wildman–Crippen LogP) is 6.45. The van der Waals surface area contributed by atoms with Crippen LogP contribution in [0.5, 0.6) is 0 Å². The SMILES string of the molecule is CC(C)(C)c1ccnc(-c2cc(C(C)(C)C)cc([Si](C)(C)C(C)(C)C)n2)c1. The molecule has 0 N–H and O–H groups in total. The molecular weight excluding hydrogens is 344 g/mol. The molecule has 0 unspecified atom stereocenters. The normalized spacial score (nSPS) is 13.7. The molecule has 0 aromatic carbocycles. The Labute approximate surface area is 167 Å². The zero-order valence-corrected chi connectivity index (χ0v) is 20.3. The van der Waals surface area contributed by atoms with Crippen LogP contribution in [0.1, 0.15) is 73.4 Å². The molecule has 0 amide bonds. The van der Waals surface area contributed by atoms with Crippen molar-refractivity contribution in [2.45, 2.75) is 91.3 Å². The first-order chi connectivity index (χ1) is 12.0. The van der Waals surface area contributed by atoms with Crippen LogP contribution in [0, 0.1) is 0 Å². The van der Waals surface area contributed by atoms with Gasteiger partial charge in [-0.25, -0.2) is 0 Å². The largest absolute Gasteiger partial charge is 0.256 e. The van der Waals surface area contributed by atoms with E-state index in [9.17, 15) is 0 Å². The maximum absolute atomic E-state index is 5.18. The van der Waals surface area contributed by atoms with Crippen LogP contribution >= 0.6 is 0 Å². The fourth-order valence-electron chi connectivity index (χ4n) is 2.84. The standard InChI is InChI=1S/C24H38N2Si/c1-22(2,3)17-12-13-25-19(14-17)20-15-18(23(4,5)6)16-21(26-20)27(10,11)24(7,8)9/h12-16H,1-11H3. The molecule has 0 atom stereocenters. The van der Waals surface area contributed by atoms with Gasteiger partial charge in [0.15, 0.2) is 0 Å². The Morgan fingerprint density at radius 1 is 0.704 bits per heavy atom. The van der Waals surface area contributed by atoms with E-state index < -0.39 is 8.07 Å². The summed E-state index contributed by atoms with van der Waals surface area (Å²) in [7, 11) is -1.74. The number of hydrogen-bond acceptors (Lipinski definition) is 2. The van der Waals surface area contributed by atoms with E-state index in [1.807, 2.05) is 6.20 Å². The van der Waals surface area contributed by atoms with Gasteiger partial charge in [0.2, 0.25) is 0 Å². The topological polar surface area (TPSA) is 25.8 Å². The highest BCUT2D eigenvalue weighted by molar-refractivity contribution is 6.91. The molecule has 0 spiro atoms. The van der Waals surface area contributed by atoms with E-state index in [1.54, 1.807) is 0 Å². The van der Waals surface area contributed by atoms with Gasteiger partial charge in [-0.05, 0) is 51.3 Å². The van der Waals surface area contributed by atoms with Crippen LogP contribution in [-0.2, 0) is 10.8 Å². The fourth-order valence-corrected chi connectivity index (χ4v) is 4.52.